The Bertz CT molecular complexity index is 1500. The van der Waals surface area contributed by atoms with Crippen molar-refractivity contribution in [3.05, 3.63) is 102 Å². The normalized spacial score (nSPS) is 14.2. The Balaban J connectivity index is 1.85. The highest BCUT2D eigenvalue weighted by Gasteiger charge is 2.29. The Kier molecular flexibility index (Phi) is 6.42. The van der Waals surface area contributed by atoms with E-state index in [0.717, 1.165) is 64.5 Å². The SMILES string of the molecule is C=CC(=O)Oc1ccccc1/C(=C(\c1ccc(OC)cc1C)C1CCC1)c1ccc2[nH]nc(F)c2c1. The van der Waals surface area contributed by atoms with Gasteiger partial charge >= 0.3 is 5.97 Å². The molecule has 36 heavy (non-hydrogen) atoms. The number of carbonyl (C=O) groups is 1. The number of methoxy groups -OCH3 is 1. The Labute approximate surface area is 209 Å². The van der Waals surface area contributed by atoms with E-state index in [-0.39, 0.29) is 0 Å². The Morgan fingerprint density at radius 2 is 1.92 bits per heavy atom. The number of rotatable bonds is 7. The highest BCUT2D eigenvalue weighted by molar-refractivity contribution is 6.03. The van der Waals surface area contributed by atoms with Gasteiger partial charge in [0.05, 0.1) is 18.0 Å². The number of aromatic nitrogens is 2. The molecule has 1 aliphatic carbocycles. The van der Waals surface area contributed by atoms with Crippen LogP contribution in [0.2, 0.25) is 0 Å². The van der Waals surface area contributed by atoms with Crippen LogP contribution in [-0.4, -0.2) is 23.3 Å². The number of ether oxygens (including phenoxy) is 2. The molecule has 3 aromatic carbocycles. The fourth-order valence-electron chi connectivity index (χ4n) is 4.83. The summed E-state index contributed by atoms with van der Waals surface area (Å²) in [6.07, 6.45) is 4.37. The highest BCUT2D eigenvalue weighted by atomic mass is 19.1. The number of aryl methyl sites for hydroxylation is 1. The molecule has 0 amide bonds. The minimum Gasteiger partial charge on any atom is -0.497 e. The van der Waals surface area contributed by atoms with Crippen LogP contribution in [0.25, 0.3) is 22.0 Å². The molecule has 0 aliphatic heterocycles. The van der Waals surface area contributed by atoms with Crippen LogP contribution in [0.15, 0.2) is 73.3 Å². The van der Waals surface area contributed by atoms with Crippen molar-refractivity contribution < 1.29 is 18.7 Å². The third-order valence-corrected chi connectivity index (χ3v) is 6.85. The molecule has 0 atom stereocenters. The number of nitrogens with one attached hydrogen (secondary N) is 1. The number of hydrogen-bond acceptors (Lipinski definition) is 4. The Hall–Kier alpha value is -4.19. The first-order valence-electron chi connectivity index (χ1n) is 12.0. The van der Waals surface area contributed by atoms with Crippen molar-refractivity contribution in [1.82, 2.24) is 10.2 Å². The lowest BCUT2D eigenvalue weighted by atomic mass is 9.72. The van der Waals surface area contributed by atoms with Gasteiger partial charge in [-0.2, -0.15) is 4.39 Å². The number of aromatic amines is 1. The molecule has 0 unspecified atom stereocenters. The third kappa shape index (κ3) is 4.31. The van der Waals surface area contributed by atoms with Gasteiger partial charge in [0.2, 0.25) is 5.95 Å². The van der Waals surface area contributed by atoms with Crippen LogP contribution in [0.4, 0.5) is 4.39 Å². The maximum Gasteiger partial charge on any atom is 0.335 e. The molecular formula is C30H27FN2O3. The zero-order chi connectivity index (χ0) is 25.2. The van der Waals surface area contributed by atoms with Crippen molar-refractivity contribution in [2.24, 2.45) is 5.92 Å². The van der Waals surface area contributed by atoms with Gasteiger partial charge in [0, 0.05) is 11.6 Å². The van der Waals surface area contributed by atoms with Crippen molar-refractivity contribution in [1.29, 1.82) is 0 Å². The summed E-state index contributed by atoms with van der Waals surface area (Å²) in [6, 6.07) is 19.1. The molecule has 182 valence electrons. The molecule has 4 aromatic rings. The lowest BCUT2D eigenvalue weighted by Crippen LogP contribution is -2.16. The van der Waals surface area contributed by atoms with Gasteiger partial charge in [-0.25, -0.2) is 4.79 Å². The van der Waals surface area contributed by atoms with Crippen LogP contribution in [0.1, 0.15) is 41.5 Å². The van der Waals surface area contributed by atoms with Crippen molar-refractivity contribution in [3.8, 4) is 11.5 Å². The molecule has 1 heterocycles. The number of H-pyrrole nitrogens is 1. The van der Waals surface area contributed by atoms with E-state index < -0.39 is 11.9 Å². The molecule has 5 rings (SSSR count). The smallest absolute Gasteiger partial charge is 0.335 e. The summed E-state index contributed by atoms with van der Waals surface area (Å²) in [5, 5.41) is 6.87. The monoisotopic (exact) mass is 482 g/mol. The predicted octanol–water partition coefficient (Wildman–Crippen LogP) is 6.87. The van der Waals surface area contributed by atoms with Crippen molar-refractivity contribution in [2.45, 2.75) is 26.2 Å². The maximum absolute atomic E-state index is 14.5. The van der Waals surface area contributed by atoms with Crippen LogP contribution >= 0.6 is 0 Å². The minimum atomic E-state index is -0.552. The van der Waals surface area contributed by atoms with E-state index in [9.17, 15) is 9.18 Å². The van der Waals surface area contributed by atoms with E-state index in [0.29, 0.717) is 22.6 Å². The van der Waals surface area contributed by atoms with E-state index >= 15 is 0 Å². The average Bonchev–Trinajstić information content (AvgIpc) is 3.23. The second-order valence-corrected chi connectivity index (χ2v) is 8.99. The summed E-state index contributed by atoms with van der Waals surface area (Å²) in [5.41, 5.74) is 6.41. The summed E-state index contributed by atoms with van der Waals surface area (Å²) >= 11 is 0. The lowest BCUT2D eigenvalue weighted by Gasteiger charge is -2.32. The fourth-order valence-corrected chi connectivity index (χ4v) is 4.83. The van der Waals surface area contributed by atoms with Crippen LogP contribution < -0.4 is 9.47 Å². The van der Waals surface area contributed by atoms with Gasteiger partial charge in [-0.05, 0) is 83.9 Å². The van der Waals surface area contributed by atoms with Gasteiger partial charge in [-0.15, -0.1) is 5.10 Å². The van der Waals surface area contributed by atoms with Crippen molar-refractivity contribution in [2.75, 3.05) is 7.11 Å². The van der Waals surface area contributed by atoms with Crippen LogP contribution in [0.5, 0.6) is 11.5 Å². The number of carbonyl (C=O) groups excluding carboxylic acids is 1. The summed E-state index contributed by atoms with van der Waals surface area (Å²) in [4.78, 5) is 12.2. The number of fused-ring (bicyclic) bond motifs is 1. The third-order valence-electron chi connectivity index (χ3n) is 6.85. The molecule has 0 bridgehead atoms. The van der Waals surface area contributed by atoms with Gasteiger partial charge in [0.1, 0.15) is 11.5 Å². The summed E-state index contributed by atoms with van der Waals surface area (Å²) < 4.78 is 25.7. The molecule has 0 spiro atoms. The molecule has 6 heteroatoms. The molecule has 0 saturated heterocycles. The summed E-state index contributed by atoms with van der Waals surface area (Å²) in [6.45, 7) is 5.60. The second kappa shape index (κ2) is 9.82. The summed E-state index contributed by atoms with van der Waals surface area (Å²) in [5.74, 6) is 0.425. The molecular weight excluding hydrogens is 455 g/mol. The first-order chi connectivity index (χ1) is 17.5. The van der Waals surface area contributed by atoms with E-state index in [4.69, 9.17) is 9.47 Å². The molecule has 1 aromatic heterocycles. The van der Waals surface area contributed by atoms with Gasteiger partial charge in [0.25, 0.3) is 0 Å². The van der Waals surface area contributed by atoms with E-state index in [2.05, 4.69) is 29.8 Å². The van der Waals surface area contributed by atoms with Gasteiger partial charge in [-0.3, -0.25) is 5.10 Å². The number of allylic oxidation sites excluding steroid dienone is 1. The maximum atomic E-state index is 14.5. The van der Waals surface area contributed by atoms with Gasteiger partial charge in [0.15, 0.2) is 0 Å². The molecule has 5 nitrogen and oxygen atoms in total. The van der Waals surface area contributed by atoms with Gasteiger partial charge < -0.3 is 9.47 Å². The number of benzene rings is 3. The van der Waals surface area contributed by atoms with Crippen LogP contribution in [0.3, 0.4) is 0 Å². The number of nitrogens with zero attached hydrogens (tertiary/aromatic N) is 1. The molecule has 1 N–H and O–H groups in total. The second-order valence-electron chi connectivity index (χ2n) is 8.99. The summed E-state index contributed by atoms with van der Waals surface area (Å²) in [7, 11) is 1.65. The lowest BCUT2D eigenvalue weighted by molar-refractivity contribution is -0.128. The van der Waals surface area contributed by atoms with E-state index in [1.807, 2.05) is 48.5 Å². The first-order valence-corrected chi connectivity index (χ1v) is 12.0. The van der Waals surface area contributed by atoms with Crippen molar-refractivity contribution >= 4 is 28.0 Å². The topological polar surface area (TPSA) is 64.2 Å². The highest BCUT2D eigenvalue weighted by Crippen LogP contribution is 2.48. The first kappa shape index (κ1) is 23.5. The Morgan fingerprint density at radius 1 is 1.11 bits per heavy atom. The van der Waals surface area contributed by atoms with E-state index in [1.54, 1.807) is 13.2 Å². The molecule has 1 saturated carbocycles. The zero-order valence-electron chi connectivity index (χ0n) is 20.3. The van der Waals surface area contributed by atoms with Gasteiger partial charge in [-0.1, -0.05) is 43.3 Å². The molecule has 1 aliphatic rings. The van der Waals surface area contributed by atoms with Crippen molar-refractivity contribution in [3.63, 3.8) is 0 Å². The number of esters is 1. The number of halogens is 1. The molecule has 1 fully saturated rings. The zero-order valence-corrected chi connectivity index (χ0v) is 20.3. The minimum absolute atomic E-state index is 0.306. The number of hydrogen-bond donors (Lipinski definition) is 1. The van der Waals surface area contributed by atoms with E-state index in [1.165, 1.54) is 0 Å². The van der Waals surface area contributed by atoms with Crippen LogP contribution in [-0.2, 0) is 4.79 Å². The Morgan fingerprint density at radius 3 is 2.61 bits per heavy atom. The average molecular weight is 483 g/mol. The standard InChI is InChI=1S/C30H27FN2O3/c1-4-27(34)36-26-11-6-5-10-23(26)29(20-12-15-25-24(17-20)30(31)33-32-25)28(19-8-7-9-19)22-14-13-21(35-3)16-18(22)2/h4-6,10-17,19H,1,7-9H2,2-3H3,(H,32,33)/b29-28-. The largest absolute Gasteiger partial charge is 0.497 e. The fraction of sp³-hybridized carbons (Fsp3) is 0.200. The predicted molar refractivity (Wildman–Crippen MR) is 139 cm³/mol. The van der Waals surface area contributed by atoms with Crippen LogP contribution in [0, 0.1) is 18.8 Å². The quantitative estimate of drug-likeness (QED) is 0.135. The molecule has 0 radical (unpaired) electrons. The number of para-hydroxylation sites is 1.